The van der Waals surface area contributed by atoms with Gasteiger partial charge in [-0.05, 0) is 48.9 Å². The maximum atomic E-state index is 13.3. The maximum Gasteiger partial charge on any atom is 0.260 e. The lowest BCUT2D eigenvalue weighted by Gasteiger charge is -2.27. The van der Waals surface area contributed by atoms with Crippen molar-refractivity contribution in [2.75, 3.05) is 51.4 Å². The first-order valence-corrected chi connectivity index (χ1v) is 10.8. The summed E-state index contributed by atoms with van der Waals surface area (Å²) in [4.78, 5) is 22.0. The monoisotopic (exact) mass is 429 g/mol. The number of carbonyl (C=O) groups excluding carboxylic acids is 1. The molecule has 0 spiro atoms. The van der Waals surface area contributed by atoms with Gasteiger partial charge in [0.2, 0.25) is 0 Å². The Morgan fingerprint density at radius 1 is 1.23 bits per heavy atom. The number of ether oxygens (including phenoxy) is 2. The van der Waals surface area contributed by atoms with E-state index in [-0.39, 0.29) is 11.7 Å². The number of thiazole rings is 1. The molecule has 158 valence electrons. The first-order valence-electron chi connectivity index (χ1n) is 9.96. The zero-order chi connectivity index (χ0) is 20.9. The van der Waals surface area contributed by atoms with Crippen LogP contribution in [0, 0.1) is 5.82 Å². The van der Waals surface area contributed by atoms with E-state index in [0.717, 1.165) is 55.2 Å². The van der Waals surface area contributed by atoms with Crippen LogP contribution in [-0.4, -0.2) is 62.3 Å². The van der Waals surface area contributed by atoms with Crippen LogP contribution < -0.4 is 9.64 Å². The van der Waals surface area contributed by atoms with E-state index in [1.807, 2.05) is 18.2 Å². The minimum atomic E-state index is -0.363. The predicted octanol–water partition coefficient (Wildman–Crippen LogP) is 3.81. The largest absolute Gasteiger partial charge is 0.497 e. The molecule has 0 unspecified atom stereocenters. The van der Waals surface area contributed by atoms with Crippen LogP contribution in [0.3, 0.4) is 0 Å². The molecule has 0 bridgehead atoms. The Bertz CT molecular complexity index is 1000. The molecule has 0 radical (unpaired) electrons. The van der Waals surface area contributed by atoms with Crippen LogP contribution >= 0.6 is 11.3 Å². The zero-order valence-corrected chi connectivity index (χ0v) is 17.7. The summed E-state index contributed by atoms with van der Waals surface area (Å²) in [6.07, 6.45) is 0.812. The second-order valence-electron chi connectivity index (χ2n) is 7.10. The molecule has 1 amide bonds. The van der Waals surface area contributed by atoms with Crippen molar-refractivity contribution >= 4 is 32.6 Å². The Hall–Kier alpha value is -2.55. The summed E-state index contributed by atoms with van der Waals surface area (Å²) in [5.74, 6) is 0.210. The summed E-state index contributed by atoms with van der Waals surface area (Å²) in [6, 6.07) is 11.3. The van der Waals surface area contributed by atoms with Gasteiger partial charge in [-0.1, -0.05) is 11.3 Å². The van der Waals surface area contributed by atoms with Crippen LogP contribution in [0.15, 0.2) is 42.5 Å². The minimum Gasteiger partial charge on any atom is -0.497 e. The van der Waals surface area contributed by atoms with Crippen molar-refractivity contribution in [3.63, 3.8) is 0 Å². The van der Waals surface area contributed by atoms with E-state index in [2.05, 4.69) is 9.88 Å². The number of benzene rings is 2. The van der Waals surface area contributed by atoms with Crippen LogP contribution in [0.2, 0.25) is 0 Å². The van der Waals surface area contributed by atoms with Crippen molar-refractivity contribution < 1.29 is 18.7 Å². The van der Waals surface area contributed by atoms with Crippen molar-refractivity contribution in [3.05, 3.63) is 53.8 Å². The lowest BCUT2D eigenvalue weighted by molar-refractivity contribution is 0.0376. The first kappa shape index (κ1) is 20.7. The number of anilines is 1. The number of hydrogen-bond acceptors (Lipinski definition) is 6. The molecule has 1 aliphatic rings. The number of methoxy groups -OCH3 is 1. The third-order valence-corrected chi connectivity index (χ3v) is 6.15. The molecule has 8 heteroatoms. The highest BCUT2D eigenvalue weighted by Crippen LogP contribution is 2.32. The van der Waals surface area contributed by atoms with Crippen molar-refractivity contribution in [2.45, 2.75) is 6.42 Å². The van der Waals surface area contributed by atoms with Gasteiger partial charge in [0.25, 0.3) is 5.91 Å². The molecule has 2 aromatic carbocycles. The molecule has 1 fully saturated rings. The zero-order valence-electron chi connectivity index (χ0n) is 16.8. The van der Waals surface area contributed by atoms with Crippen molar-refractivity contribution in [1.29, 1.82) is 0 Å². The van der Waals surface area contributed by atoms with Gasteiger partial charge in [-0.15, -0.1) is 0 Å². The first-order chi connectivity index (χ1) is 14.6. The lowest BCUT2D eigenvalue weighted by atomic mass is 10.2. The van der Waals surface area contributed by atoms with Gasteiger partial charge in [0.1, 0.15) is 11.6 Å². The van der Waals surface area contributed by atoms with E-state index in [0.29, 0.717) is 17.2 Å². The predicted molar refractivity (Wildman–Crippen MR) is 116 cm³/mol. The number of hydrogen-bond donors (Lipinski definition) is 0. The Balaban J connectivity index is 1.57. The number of rotatable bonds is 7. The fraction of sp³-hybridized carbons (Fsp3) is 0.364. The number of carbonyl (C=O) groups is 1. The molecular weight excluding hydrogens is 405 g/mol. The average Bonchev–Trinajstić information content (AvgIpc) is 3.20. The van der Waals surface area contributed by atoms with E-state index in [1.54, 1.807) is 12.0 Å². The highest BCUT2D eigenvalue weighted by Gasteiger charge is 2.22. The number of nitrogens with zero attached hydrogens (tertiary/aromatic N) is 3. The summed E-state index contributed by atoms with van der Waals surface area (Å²) < 4.78 is 25.0. The molecule has 1 aromatic heterocycles. The normalized spacial score (nSPS) is 14.7. The number of halogens is 1. The van der Waals surface area contributed by atoms with Gasteiger partial charge in [0.05, 0.1) is 30.5 Å². The second kappa shape index (κ2) is 9.51. The summed E-state index contributed by atoms with van der Waals surface area (Å²) in [7, 11) is 1.62. The molecule has 2 heterocycles. The number of aromatic nitrogens is 1. The molecule has 30 heavy (non-hydrogen) atoms. The number of morpholine rings is 1. The Labute approximate surface area is 178 Å². The van der Waals surface area contributed by atoms with E-state index in [4.69, 9.17) is 9.47 Å². The maximum absolute atomic E-state index is 13.3. The Morgan fingerprint density at radius 2 is 2.00 bits per heavy atom. The molecule has 0 atom stereocenters. The standard InChI is InChI=1S/C22H24FN3O3S/c1-28-18-7-8-19-20(15-18)30-22(24-19)26(10-2-9-25-11-13-29-14-12-25)21(27)16-3-5-17(23)6-4-16/h3-8,15H,2,9-14H2,1H3. The van der Waals surface area contributed by atoms with Crippen molar-refractivity contribution in [2.24, 2.45) is 0 Å². The summed E-state index contributed by atoms with van der Waals surface area (Å²) >= 11 is 1.45. The van der Waals surface area contributed by atoms with Gasteiger partial charge in [-0.3, -0.25) is 14.6 Å². The molecule has 4 rings (SSSR count). The number of fused-ring (bicyclic) bond motifs is 1. The van der Waals surface area contributed by atoms with Gasteiger partial charge in [0.15, 0.2) is 5.13 Å². The molecule has 0 saturated carbocycles. The SMILES string of the molecule is COc1ccc2nc(N(CCCN3CCOCC3)C(=O)c3ccc(F)cc3)sc2c1. The van der Waals surface area contributed by atoms with Gasteiger partial charge < -0.3 is 9.47 Å². The Kier molecular flexibility index (Phi) is 6.56. The molecule has 3 aromatic rings. The fourth-order valence-electron chi connectivity index (χ4n) is 3.44. The molecule has 0 aliphatic carbocycles. The van der Waals surface area contributed by atoms with Gasteiger partial charge in [0, 0.05) is 31.7 Å². The van der Waals surface area contributed by atoms with Crippen LogP contribution in [0.1, 0.15) is 16.8 Å². The van der Waals surface area contributed by atoms with E-state index in [9.17, 15) is 9.18 Å². The quantitative estimate of drug-likeness (QED) is 0.572. The van der Waals surface area contributed by atoms with Crippen molar-refractivity contribution in [1.82, 2.24) is 9.88 Å². The topological polar surface area (TPSA) is 54.9 Å². The third-order valence-electron chi connectivity index (χ3n) is 5.11. The fourth-order valence-corrected chi connectivity index (χ4v) is 4.46. The van der Waals surface area contributed by atoms with Crippen LogP contribution in [0.5, 0.6) is 5.75 Å². The Morgan fingerprint density at radius 3 is 2.73 bits per heavy atom. The van der Waals surface area contributed by atoms with Crippen LogP contribution in [-0.2, 0) is 4.74 Å². The van der Waals surface area contributed by atoms with Gasteiger partial charge in [-0.2, -0.15) is 0 Å². The van der Waals surface area contributed by atoms with Gasteiger partial charge >= 0.3 is 0 Å². The average molecular weight is 430 g/mol. The second-order valence-corrected chi connectivity index (χ2v) is 8.11. The van der Waals surface area contributed by atoms with E-state index < -0.39 is 0 Å². The molecule has 1 saturated heterocycles. The van der Waals surface area contributed by atoms with Crippen LogP contribution in [0.25, 0.3) is 10.2 Å². The van der Waals surface area contributed by atoms with E-state index in [1.165, 1.54) is 35.6 Å². The van der Waals surface area contributed by atoms with Gasteiger partial charge in [-0.25, -0.2) is 9.37 Å². The van der Waals surface area contributed by atoms with Crippen LogP contribution in [0.4, 0.5) is 9.52 Å². The molecule has 6 nitrogen and oxygen atoms in total. The lowest BCUT2D eigenvalue weighted by Crippen LogP contribution is -2.39. The third kappa shape index (κ3) is 4.77. The van der Waals surface area contributed by atoms with Crippen molar-refractivity contribution in [3.8, 4) is 5.75 Å². The summed E-state index contributed by atoms with van der Waals surface area (Å²) in [5.41, 5.74) is 1.26. The smallest absolute Gasteiger partial charge is 0.260 e. The molecule has 1 aliphatic heterocycles. The highest BCUT2D eigenvalue weighted by atomic mass is 32.1. The highest BCUT2D eigenvalue weighted by molar-refractivity contribution is 7.22. The minimum absolute atomic E-state index is 0.178. The summed E-state index contributed by atoms with van der Waals surface area (Å²) in [5, 5.41) is 0.634. The molecular formula is C22H24FN3O3S. The summed E-state index contributed by atoms with van der Waals surface area (Å²) in [6.45, 7) is 4.73. The molecule has 0 N–H and O–H groups in total. The van der Waals surface area contributed by atoms with E-state index >= 15 is 0 Å². The number of amides is 1.